The minimum absolute atomic E-state index is 1.17. The first kappa shape index (κ1) is 9.07. The molecule has 0 heteroatoms. The van der Waals surface area contributed by atoms with Crippen LogP contribution in [0.4, 0.5) is 0 Å². The maximum Gasteiger partial charge on any atom is -0.0329 e. The molecule has 5 saturated carbocycles. The summed E-state index contributed by atoms with van der Waals surface area (Å²) in [5.74, 6) is 7.07. The molecular formula is C15H24. The lowest BCUT2D eigenvalue weighted by Gasteiger charge is -2.56. The third kappa shape index (κ3) is 1.33. The highest BCUT2D eigenvalue weighted by Crippen LogP contribution is 2.60. The second-order valence-electron chi connectivity index (χ2n) is 7.05. The van der Waals surface area contributed by atoms with Crippen molar-refractivity contribution in [2.24, 2.45) is 35.5 Å². The van der Waals surface area contributed by atoms with Gasteiger partial charge in [0.25, 0.3) is 0 Å². The van der Waals surface area contributed by atoms with Crippen LogP contribution in [0.5, 0.6) is 0 Å². The Kier molecular flexibility index (Phi) is 1.96. The van der Waals surface area contributed by atoms with Gasteiger partial charge in [-0.2, -0.15) is 0 Å². The second kappa shape index (κ2) is 3.25. The fraction of sp³-hybridized carbons (Fsp3) is 1.00. The van der Waals surface area contributed by atoms with Gasteiger partial charge in [0.2, 0.25) is 0 Å². The molecule has 0 saturated heterocycles. The molecular weight excluding hydrogens is 180 g/mol. The zero-order chi connectivity index (χ0) is 9.83. The molecule has 0 radical (unpaired) electrons. The van der Waals surface area contributed by atoms with Crippen LogP contribution in [0, 0.1) is 35.5 Å². The summed E-state index contributed by atoms with van der Waals surface area (Å²) in [7, 11) is 0. The van der Waals surface area contributed by atoms with E-state index in [1.165, 1.54) is 35.5 Å². The summed E-state index contributed by atoms with van der Waals surface area (Å²) >= 11 is 0. The highest BCUT2D eigenvalue weighted by atomic mass is 14.6. The highest BCUT2D eigenvalue weighted by Gasteiger charge is 2.50. The van der Waals surface area contributed by atoms with E-state index >= 15 is 0 Å². The Balaban J connectivity index is 1.59. The van der Waals surface area contributed by atoms with Gasteiger partial charge in [-0.3, -0.25) is 0 Å². The Labute approximate surface area is 93.8 Å². The standard InChI is InChI=1S/C15H24/c1-2-4-12(3-1)15-13-6-10-5-11(8-13)9-14(15)7-10/h10-15H,1-9H2. The van der Waals surface area contributed by atoms with Gasteiger partial charge in [-0.15, -0.1) is 0 Å². The molecule has 0 aromatic carbocycles. The predicted molar refractivity (Wildman–Crippen MR) is 62.5 cm³/mol. The first-order valence-corrected chi connectivity index (χ1v) is 7.40. The average molecular weight is 204 g/mol. The van der Waals surface area contributed by atoms with E-state index in [-0.39, 0.29) is 0 Å². The molecule has 0 aromatic heterocycles. The Bertz CT molecular complexity index is 221. The van der Waals surface area contributed by atoms with Gasteiger partial charge in [-0.1, -0.05) is 25.7 Å². The predicted octanol–water partition coefficient (Wildman–Crippen LogP) is 4.25. The third-order valence-electron chi connectivity index (χ3n) is 6.24. The summed E-state index contributed by atoms with van der Waals surface area (Å²) in [5.41, 5.74) is 0. The Morgan fingerprint density at radius 2 is 1.07 bits per heavy atom. The van der Waals surface area contributed by atoms with Crippen molar-refractivity contribution in [1.29, 1.82) is 0 Å². The Hall–Kier alpha value is 0. The van der Waals surface area contributed by atoms with Crippen LogP contribution in [-0.4, -0.2) is 0 Å². The SMILES string of the molecule is C1CCC(C2C3CC4CC(C3)CC2C4)C1. The van der Waals surface area contributed by atoms with Crippen LogP contribution in [0.15, 0.2) is 0 Å². The van der Waals surface area contributed by atoms with Crippen LogP contribution in [0.1, 0.15) is 57.8 Å². The van der Waals surface area contributed by atoms with Gasteiger partial charge >= 0.3 is 0 Å². The molecule has 0 unspecified atom stereocenters. The molecule has 0 N–H and O–H groups in total. The van der Waals surface area contributed by atoms with E-state index in [0.29, 0.717) is 0 Å². The first-order valence-electron chi connectivity index (χ1n) is 7.40. The molecule has 84 valence electrons. The summed E-state index contributed by atoms with van der Waals surface area (Å²) < 4.78 is 0. The van der Waals surface area contributed by atoms with E-state index in [9.17, 15) is 0 Å². The molecule has 5 aliphatic rings. The van der Waals surface area contributed by atoms with Gasteiger partial charge in [0.1, 0.15) is 0 Å². The van der Waals surface area contributed by atoms with Crippen LogP contribution >= 0.6 is 0 Å². The molecule has 0 aromatic rings. The van der Waals surface area contributed by atoms with Gasteiger partial charge in [-0.05, 0) is 67.6 Å². The van der Waals surface area contributed by atoms with E-state index in [0.717, 1.165) is 0 Å². The smallest absolute Gasteiger partial charge is 0.0329 e. The van der Waals surface area contributed by atoms with Crippen LogP contribution in [0.3, 0.4) is 0 Å². The highest BCUT2D eigenvalue weighted by molar-refractivity contribution is 5.00. The number of hydrogen-bond acceptors (Lipinski definition) is 0. The quantitative estimate of drug-likeness (QED) is 0.599. The van der Waals surface area contributed by atoms with E-state index < -0.39 is 0 Å². The molecule has 0 atom stereocenters. The molecule has 0 heterocycles. The maximum absolute atomic E-state index is 1.63. The normalized spacial score (nSPS) is 54.0. The minimum atomic E-state index is 1.17. The second-order valence-corrected chi connectivity index (χ2v) is 7.05. The van der Waals surface area contributed by atoms with Crippen molar-refractivity contribution in [1.82, 2.24) is 0 Å². The zero-order valence-corrected chi connectivity index (χ0v) is 9.83. The lowest BCUT2D eigenvalue weighted by Crippen LogP contribution is -2.47. The van der Waals surface area contributed by atoms with Crippen LogP contribution in [-0.2, 0) is 0 Å². The van der Waals surface area contributed by atoms with Crippen LogP contribution in [0.25, 0.3) is 0 Å². The van der Waals surface area contributed by atoms with Gasteiger partial charge in [0.15, 0.2) is 0 Å². The van der Waals surface area contributed by atoms with Crippen molar-refractivity contribution in [3.63, 3.8) is 0 Å². The van der Waals surface area contributed by atoms with E-state index in [2.05, 4.69) is 0 Å². The topological polar surface area (TPSA) is 0 Å². The summed E-state index contributed by atoms with van der Waals surface area (Å²) in [6.45, 7) is 0. The summed E-state index contributed by atoms with van der Waals surface area (Å²) in [5, 5.41) is 0. The molecule has 5 rings (SSSR count). The van der Waals surface area contributed by atoms with Crippen LogP contribution in [0.2, 0.25) is 0 Å². The van der Waals surface area contributed by atoms with E-state index in [1.807, 2.05) is 0 Å². The van der Waals surface area contributed by atoms with E-state index in [1.54, 1.807) is 57.8 Å². The monoisotopic (exact) mass is 204 g/mol. The van der Waals surface area contributed by atoms with Crippen molar-refractivity contribution >= 4 is 0 Å². The summed E-state index contributed by atoms with van der Waals surface area (Å²) in [6, 6.07) is 0. The fourth-order valence-corrected chi connectivity index (χ4v) is 6.08. The van der Waals surface area contributed by atoms with Crippen molar-refractivity contribution < 1.29 is 0 Å². The van der Waals surface area contributed by atoms with E-state index in [4.69, 9.17) is 0 Å². The van der Waals surface area contributed by atoms with Gasteiger partial charge in [0.05, 0.1) is 0 Å². The molecule has 5 fully saturated rings. The van der Waals surface area contributed by atoms with Crippen molar-refractivity contribution in [2.45, 2.75) is 57.8 Å². The van der Waals surface area contributed by atoms with Gasteiger partial charge in [-0.25, -0.2) is 0 Å². The fourth-order valence-electron chi connectivity index (χ4n) is 6.08. The van der Waals surface area contributed by atoms with Gasteiger partial charge in [0, 0.05) is 0 Å². The molecule has 5 aliphatic carbocycles. The zero-order valence-electron chi connectivity index (χ0n) is 9.83. The number of hydrogen-bond donors (Lipinski definition) is 0. The number of rotatable bonds is 1. The summed E-state index contributed by atoms with van der Waals surface area (Å²) in [6.07, 6.45) is 14.4. The molecule has 4 bridgehead atoms. The summed E-state index contributed by atoms with van der Waals surface area (Å²) in [4.78, 5) is 0. The average Bonchev–Trinajstić information content (AvgIpc) is 2.69. The Morgan fingerprint density at radius 1 is 0.533 bits per heavy atom. The van der Waals surface area contributed by atoms with Crippen LogP contribution < -0.4 is 0 Å². The largest absolute Gasteiger partial charge is 0.0530 e. The van der Waals surface area contributed by atoms with Gasteiger partial charge < -0.3 is 0 Å². The maximum atomic E-state index is 1.63. The molecule has 15 heavy (non-hydrogen) atoms. The molecule has 0 nitrogen and oxygen atoms in total. The van der Waals surface area contributed by atoms with Crippen molar-refractivity contribution in [2.75, 3.05) is 0 Å². The molecule has 0 amide bonds. The lowest BCUT2D eigenvalue weighted by atomic mass is 9.49. The van der Waals surface area contributed by atoms with Crippen molar-refractivity contribution in [3.8, 4) is 0 Å². The molecule has 0 spiro atoms. The minimum Gasteiger partial charge on any atom is -0.0530 e. The van der Waals surface area contributed by atoms with Crippen molar-refractivity contribution in [3.05, 3.63) is 0 Å². The first-order chi connectivity index (χ1) is 7.40. The third-order valence-corrected chi connectivity index (χ3v) is 6.24. The lowest BCUT2D eigenvalue weighted by molar-refractivity contribution is -0.0604. The Morgan fingerprint density at radius 3 is 1.60 bits per heavy atom. The molecule has 0 aliphatic heterocycles.